The molecule has 2 aliphatic rings. The SMILES string of the molecule is COC(=O)c1ccc2c(c1)OCCN(CC(O)CN1CCc3ccccc3C1)C2=O. The molecule has 0 saturated heterocycles. The molecule has 1 amide bonds. The molecule has 7 nitrogen and oxygen atoms in total. The topological polar surface area (TPSA) is 79.3 Å². The Balaban J connectivity index is 1.40. The van der Waals surface area contributed by atoms with Gasteiger partial charge < -0.3 is 19.5 Å². The van der Waals surface area contributed by atoms with Crippen LogP contribution in [0, 0.1) is 0 Å². The van der Waals surface area contributed by atoms with E-state index in [2.05, 4.69) is 23.1 Å². The maximum Gasteiger partial charge on any atom is 0.337 e. The lowest BCUT2D eigenvalue weighted by Gasteiger charge is -2.32. The molecule has 1 N–H and O–H groups in total. The summed E-state index contributed by atoms with van der Waals surface area (Å²) in [5, 5.41) is 10.7. The summed E-state index contributed by atoms with van der Waals surface area (Å²) in [6.45, 7) is 3.12. The van der Waals surface area contributed by atoms with Gasteiger partial charge in [0, 0.05) is 26.2 Å². The molecule has 0 radical (unpaired) electrons. The van der Waals surface area contributed by atoms with E-state index in [4.69, 9.17) is 9.47 Å². The number of rotatable bonds is 5. The Morgan fingerprint density at radius 2 is 1.97 bits per heavy atom. The van der Waals surface area contributed by atoms with E-state index in [-0.39, 0.29) is 12.5 Å². The van der Waals surface area contributed by atoms with Crippen LogP contribution >= 0.6 is 0 Å². The van der Waals surface area contributed by atoms with Gasteiger partial charge in [-0.3, -0.25) is 9.69 Å². The largest absolute Gasteiger partial charge is 0.491 e. The second-order valence-corrected chi connectivity index (χ2v) is 7.71. The monoisotopic (exact) mass is 410 g/mol. The van der Waals surface area contributed by atoms with Gasteiger partial charge >= 0.3 is 5.97 Å². The van der Waals surface area contributed by atoms with Crippen LogP contribution in [0.4, 0.5) is 0 Å². The van der Waals surface area contributed by atoms with Gasteiger partial charge in [-0.1, -0.05) is 24.3 Å². The van der Waals surface area contributed by atoms with E-state index >= 15 is 0 Å². The molecule has 30 heavy (non-hydrogen) atoms. The van der Waals surface area contributed by atoms with Crippen molar-refractivity contribution in [2.45, 2.75) is 19.1 Å². The fourth-order valence-electron chi connectivity index (χ4n) is 4.10. The molecule has 1 unspecified atom stereocenters. The Morgan fingerprint density at radius 3 is 2.77 bits per heavy atom. The first-order chi connectivity index (χ1) is 14.5. The predicted octanol–water partition coefficient (Wildman–Crippen LogP) is 1.73. The zero-order chi connectivity index (χ0) is 21.1. The Morgan fingerprint density at radius 1 is 1.17 bits per heavy atom. The second kappa shape index (κ2) is 8.85. The van der Waals surface area contributed by atoms with E-state index in [1.165, 1.54) is 24.3 Å². The van der Waals surface area contributed by atoms with Crippen molar-refractivity contribution >= 4 is 11.9 Å². The van der Waals surface area contributed by atoms with Crippen molar-refractivity contribution in [2.75, 3.05) is 39.9 Å². The first-order valence-corrected chi connectivity index (χ1v) is 10.2. The van der Waals surface area contributed by atoms with E-state index in [0.29, 0.717) is 36.6 Å². The average Bonchev–Trinajstić information content (AvgIpc) is 2.91. The number of nitrogens with zero attached hydrogens (tertiary/aromatic N) is 2. The van der Waals surface area contributed by atoms with Gasteiger partial charge in [0.15, 0.2) is 0 Å². The van der Waals surface area contributed by atoms with Crippen LogP contribution < -0.4 is 4.74 Å². The van der Waals surface area contributed by atoms with Gasteiger partial charge in [0.25, 0.3) is 5.91 Å². The Bertz CT molecular complexity index is 945. The Hall–Kier alpha value is -2.90. The summed E-state index contributed by atoms with van der Waals surface area (Å²) in [5.41, 5.74) is 3.39. The lowest BCUT2D eigenvalue weighted by molar-refractivity contribution is 0.0501. The zero-order valence-electron chi connectivity index (χ0n) is 17.0. The Kier molecular flexibility index (Phi) is 6.01. The highest BCUT2D eigenvalue weighted by Gasteiger charge is 2.27. The molecule has 2 heterocycles. The molecule has 0 fully saturated rings. The van der Waals surface area contributed by atoms with Crippen LogP contribution in [0.3, 0.4) is 0 Å². The molecule has 4 rings (SSSR count). The first-order valence-electron chi connectivity index (χ1n) is 10.2. The number of carbonyl (C=O) groups excluding carboxylic acids is 2. The Labute approximate surface area is 175 Å². The summed E-state index contributed by atoms with van der Waals surface area (Å²) in [6.07, 6.45) is 0.310. The molecule has 0 aromatic heterocycles. The van der Waals surface area contributed by atoms with Crippen molar-refractivity contribution in [1.82, 2.24) is 9.80 Å². The number of fused-ring (bicyclic) bond motifs is 2. The van der Waals surface area contributed by atoms with Gasteiger partial charge in [0.05, 0.1) is 30.9 Å². The van der Waals surface area contributed by atoms with Crippen LogP contribution in [0.15, 0.2) is 42.5 Å². The van der Waals surface area contributed by atoms with Crippen LogP contribution in [-0.2, 0) is 17.7 Å². The summed E-state index contributed by atoms with van der Waals surface area (Å²) in [4.78, 5) is 28.6. The van der Waals surface area contributed by atoms with Crippen LogP contribution in [0.2, 0.25) is 0 Å². The molecule has 0 spiro atoms. The van der Waals surface area contributed by atoms with E-state index in [1.54, 1.807) is 17.0 Å². The lowest BCUT2D eigenvalue weighted by Crippen LogP contribution is -2.44. The minimum Gasteiger partial charge on any atom is -0.491 e. The first kappa shape index (κ1) is 20.4. The molecule has 2 aromatic carbocycles. The number of aliphatic hydroxyl groups is 1. The van der Waals surface area contributed by atoms with Gasteiger partial charge in [0.2, 0.25) is 0 Å². The van der Waals surface area contributed by atoms with Gasteiger partial charge in [-0.25, -0.2) is 4.79 Å². The minimum atomic E-state index is -0.657. The maximum absolute atomic E-state index is 13.0. The van der Waals surface area contributed by atoms with Crippen LogP contribution in [0.1, 0.15) is 31.8 Å². The number of aliphatic hydroxyl groups excluding tert-OH is 1. The highest BCUT2D eigenvalue weighted by Crippen LogP contribution is 2.25. The standard InChI is InChI=1S/C23H26N2O5/c1-29-23(28)17-6-7-20-21(12-17)30-11-10-25(22(20)27)15-19(26)14-24-9-8-16-4-2-3-5-18(16)13-24/h2-7,12,19,26H,8-11,13-15H2,1H3. The van der Waals surface area contributed by atoms with Crippen molar-refractivity contribution in [2.24, 2.45) is 0 Å². The molecule has 0 aliphatic carbocycles. The molecule has 158 valence electrons. The fourth-order valence-corrected chi connectivity index (χ4v) is 4.10. The molecule has 2 aromatic rings. The molecule has 0 saturated carbocycles. The van der Waals surface area contributed by atoms with Crippen LogP contribution in [-0.4, -0.2) is 72.8 Å². The number of hydrogen-bond acceptors (Lipinski definition) is 6. The normalized spacial score (nSPS) is 17.4. The van der Waals surface area contributed by atoms with E-state index in [0.717, 1.165) is 19.5 Å². The summed E-state index contributed by atoms with van der Waals surface area (Å²) in [6, 6.07) is 13.0. The minimum absolute atomic E-state index is 0.207. The van der Waals surface area contributed by atoms with Crippen molar-refractivity contribution in [3.63, 3.8) is 0 Å². The van der Waals surface area contributed by atoms with Crippen LogP contribution in [0.5, 0.6) is 5.75 Å². The van der Waals surface area contributed by atoms with Crippen molar-refractivity contribution in [1.29, 1.82) is 0 Å². The summed E-state index contributed by atoms with van der Waals surface area (Å²) >= 11 is 0. The van der Waals surface area contributed by atoms with Crippen molar-refractivity contribution in [3.8, 4) is 5.75 Å². The third kappa shape index (κ3) is 4.32. The molecule has 0 bridgehead atoms. The van der Waals surface area contributed by atoms with Gasteiger partial charge in [-0.15, -0.1) is 0 Å². The van der Waals surface area contributed by atoms with E-state index < -0.39 is 12.1 Å². The third-order valence-electron chi connectivity index (χ3n) is 5.65. The smallest absolute Gasteiger partial charge is 0.337 e. The molecule has 7 heteroatoms. The van der Waals surface area contributed by atoms with Gasteiger partial charge in [-0.05, 0) is 35.7 Å². The second-order valence-electron chi connectivity index (χ2n) is 7.71. The van der Waals surface area contributed by atoms with Crippen molar-refractivity contribution < 1.29 is 24.2 Å². The highest BCUT2D eigenvalue weighted by atomic mass is 16.5. The number of hydrogen-bond donors (Lipinski definition) is 1. The number of benzene rings is 2. The number of methoxy groups -OCH3 is 1. The number of carbonyl (C=O) groups is 2. The highest BCUT2D eigenvalue weighted by molar-refractivity contribution is 5.99. The zero-order valence-corrected chi connectivity index (χ0v) is 17.0. The number of β-amino-alcohol motifs (C(OH)–C–C–N with tert-alkyl or cyclic N) is 1. The van der Waals surface area contributed by atoms with Gasteiger partial charge in [-0.2, -0.15) is 0 Å². The number of esters is 1. The third-order valence-corrected chi connectivity index (χ3v) is 5.65. The maximum atomic E-state index is 13.0. The van der Waals surface area contributed by atoms with Gasteiger partial charge in [0.1, 0.15) is 12.4 Å². The number of amides is 1. The molecular weight excluding hydrogens is 384 g/mol. The molecule has 1 atom stereocenters. The van der Waals surface area contributed by atoms with Crippen molar-refractivity contribution in [3.05, 3.63) is 64.7 Å². The summed E-state index contributed by atoms with van der Waals surface area (Å²) < 4.78 is 10.4. The van der Waals surface area contributed by atoms with E-state index in [9.17, 15) is 14.7 Å². The molecular formula is C23H26N2O5. The molecule has 2 aliphatic heterocycles. The predicted molar refractivity (Wildman–Crippen MR) is 111 cm³/mol. The summed E-state index contributed by atoms with van der Waals surface area (Å²) in [7, 11) is 1.31. The average molecular weight is 410 g/mol. The quantitative estimate of drug-likeness (QED) is 0.757. The van der Waals surface area contributed by atoms with E-state index in [1.807, 2.05) is 6.07 Å². The number of ether oxygens (including phenoxy) is 2. The summed E-state index contributed by atoms with van der Waals surface area (Å²) in [5.74, 6) is -0.317. The van der Waals surface area contributed by atoms with Crippen LogP contribution in [0.25, 0.3) is 0 Å². The lowest BCUT2D eigenvalue weighted by atomic mass is 10.00. The fraction of sp³-hybridized carbons (Fsp3) is 0.391.